The zero-order valence-corrected chi connectivity index (χ0v) is 11.1. The number of aryl methyl sites for hydroxylation is 2. The molecule has 2 nitrogen and oxygen atoms in total. The van der Waals surface area contributed by atoms with Gasteiger partial charge in [0.2, 0.25) is 0 Å². The van der Waals surface area contributed by atoms with Gasteiger partial charge < -0.3 is 5.32 Å². The molecule has 0 radical (unpaired) electrons. The van der Waals surface area contributed by atoms with Crippen LogP contribution in [0.1, 0.15) is 22.3 Å². The van der Waals surface area contributed by atoms with Gasteiger partial charge in [0.25, 0.3) is 0 Å². The molecule has 18 heavy (non-hydrogen) atoms. The number of hydrogen-bond donors (Lipinski definition) is 1. The van der Waals surface area contributed by atoms with Crippen molar-refractivity contribution < 1.29 is 0 Å². The Hall–Kier alpha value is -1.67. The average molecular weight is 240 g/mol. The first kappa shape index (κ1) is 12.8. The summed E-state index contributed by atoms with van der Waals surface area (Å²) < 4.78 is 0. The van der Waals surface area contributed by atoms with Gasteiger partial charge in [-0.1, -0.05) is 23.8 Å². The predicted octanol–water partition coefficient (Wildman–Crippen LogP) is 3.03. The van der Waals surface area contributed by atoms with Crippen LogP contribution in [0.4, 0.5) is 0 Å². The third-order valence-electron chi connectivity index (χ3n) is 3.16. The van der Waals surface area contributed by atoms with Gasteiger partial charge in [-0.25, -0.2) is 0 Å². The largest absolute Gasteiger partial charge is 0.312 e. The van der Waals surface area contributed by atoms with E-state index in [9.17, 15) is 0 Å². The number of nitrogens with one attached hydrogen (secondary N) is 1. The highest BCUT2D eigenvalue weighted by Crippen LogP contribution is 2.10. The monoisotopic (exact) mass is 240 g/mol. The fourth-order valence-corrected chi connectivity index (χ4v) is 2.00. The first-order valence-corrected chi connectivity index (χ1v) is 6.41. The van der Waals surface area contributed by atoms with Gasteiger partial charge >= 0.3 is 0 Å². The molecule has 0 saturated carbocycles. The molecule has 2 heteroatoms. The van der Waals surface area contributed by atoms with Crippen molar-refractivity contribution in [2.24, 2.45) is 0 Å². The highest BCUT2D eigenvalue weighted by molar-refractivity contribution is 5.30. The quantitative estimate of drug-likeness (QED) is 0.813. The van der Waals surface area contributed by atoms with Gasteiger partial charge in [0.15, 0.2) is 0 Å². The SMILES string of the molecule is Cc1ccc(C)c(CNCCc2ccncc2)c1. The van der Waals surface area contributed by atoms with Crippen LogP contribution in [0.5, 0.6) is 0 Å². The summed E-state index contributed by atoms with van der Waals surface area (Å²) in [5.74, 6) is 0. The fraction of sp³-hybridized carbons (Fsp3) is 0.312. The molecule has 1 N–H and O–H groups in total. The molecule has 0 amide bonds. The van der Waals surface area contributed by atoms with Crippen LogP contribution >= 0.6 is 0 Å². The molecule has 0 unspecified atom stereocenters. The molecule has 2 aromatic rings. The predicted molar refractivity (Wildman–Crippen MR) is 75.6 cm³/mol. The first-order chi connectivity index (χ1) is 8.75. The van der Waals surface area contributed by atoms with Crippen LogP contribution in [-0.2, 0) is 13.0 Å². The van der Waals surface area contributed by atoms with Crippen LogP contribution < -0.4 is 5.32 Å². The highest BCUT2D eigenvalue weighted by atomic mass is 14.8. The lowest BCUT2D eigenvalue weighted by molar-refractivity contribution is 0.684. The van der Waals surface area contributed by atoms with E-state index >= 15 is 0 Å². The van der Waals surface area contributed by atoms with Crippen molar-refractivity contribution in [3.05, 3.63) is 65.0 Å². The van der Waals surface area contributed by atoms with Gasteiger partial charge in [0.05, 0.1) is 0 Å². The minimum Gasteiger partial charge on any atom is -0.312 e. The Morgan fingerprint density at radius 2 is 1.83 bits per heavy atom. The normalized spacial score (nSPS) is 10.6. The lowest BCUT2D eigenvalue weighted by Gasteiger charge is -2.09. The van der Waals surface area contributed by atoms with E-state index < -0.39 is 0 Å². The number of nitrogens with zero attached hydrogens (tertiary/aromatic N) is 1. The number of benzene rings is 1. The lowest BCUT2D eigenvalue weighted by atomic mass is 10.1. The maximum atomic E-state index is 4.02. The van der Waals surface area contributed by atoms with Crippen molar-refractivity contribution >= 4 is 0 Å². The molecule has 1 heterocycles. The second-order valence-corrected chi connectivity index (χ2v) is 4.71. The van der Waals surface area contributed by atoms with Crippen LogP contribution in [0.3, 0.4) is 0 Å². The molecule has 0 bridgehead atoms. The van der Waals surface area contributed by atoms with Gasteiger partial charge in [0, 0.05) is 18.9 Å². The second-order valence-electron chi connectivity index (χ2n) is 4.71. The summed E-state index contributed by atoms with van der Waals surface area (Å²) in [6, 6.07) is 10.7. The Morgan fingerprint density at radius 1 is 1.06 bits per heavy atom. The molecule has 0 aliphatic carbocycles. The van der Waals surface area contributed by atoms with Gasteiger partial charge in [-0.15, -0.1) is 0 Å². The Balaban J connectivity index is 1.80. The molecule has 94 valence electrons. The lowest BCUT2D eigenvalue weighted by Crippen LogP contribution is -2.17. The van der Waals surface area contributed by atoms with E-state index in [2.05, 4.69) is 54.5 Å². The van der Waals surface area contributed by atoms with Crippen LogP contribution in [0.2, 0.25) is 0 Å². The van der Waals surface area contributed by atoms with E-state index in [1.807, 2.05) is 12.4 Å². The van der Waals surface area contributed by atoms with Crippen molar-refractivity contribution in [1.82, 2.24) is 10.3 Å². The molecular formula is C16H20N2. The molecule has 0 atom stereocenters. The van der Waals surface area contributed by atoms with E-state index in [1.54, 1.807) is 0 Å². The number of aromatic nitrogens is 1. The van der Waals surface area contributed by atoms with E-state index in [4.69, 9.17) is 0 Å². The Bertz CT molecular complexity index is 492. The van der Waals surface area contributed by atoms with Gasteiger partial charge in [-0.3, -0.25) is 4.98 Å². The van der Waals surface area contributed by atoms with Crippen LogP contribution in [0, 0.1) is 13.8 Å². The minimum atomic E-state index is 0.943. The molecule has 0 fully saturated rings. The molecule has 0 aliphatic rings. The van der Waals surface area contributed by atoms with Crippen LogP contribution in [-0.4, -0.2) is 11.5 Å². The van der Waals surface area contributed by atoms with Gasteiger partial charge in [-0.2, -0.15) is 0 Å². The summed E-state index contributed by atoms with van der Waals surface area (Å²) in [5, 5.41) is 3.50. The third-order valence-corrected chi connectivity index (χ3v) is 3.16. The fourth-order valence-electron chi connectivity index (χ4n) is 2.00. The molecular weight excluding hydrogens is 220 g/mol. The summed E-state index contributed by atoms with van der Waals surface area (Å²) in [6.07, 6.45) is 4.74. The van der Waals surface area contributed by atoms with Crippen LogP contribution in [0.15, 0.2) is 42.7 Å². The van der Waals surface area contributed by atoms with Crippen molar-refractivity contribution in [3.63, 3.8) is 0 Å². The van der Waals surface area contributed by atoms with E-state index in [-0.39, 0.29) is 0 Å². The Morgan fingerprint density at radius 3 is 2.61 bits per heavy atom. The zero-order chi connectivity index (χ0) is 12.8. The van der Waals surface area contributed by atoms with Crippen molar-refractivity contribution in [3.8, 4) is 0 Å². The number of hydrogen-bond acceptors (Lipinski definition) is 2. The van der Waals surface area contributed by atoms with E-state index in [0.717, 1.165) is 19.5 Å². The second kappa shape index (κ2) is 6.31. The molecule has 0 spiro atoms. The molecule has 1 aromatic heterocycles. The smallest absolute Gasteiger partial charge is 0.0270 e. The van der Waals surface area contributed by atoms with E-state index in [0.29, 0.717) is 0 Å². The summed E-state index contributed by atoms with van der Waals surface area (Å²) >= 11 is 0. The maximum absolute atomic E-state index is 4.02. The average Bonchev–Trinajstić information content (AvgIpc) is 2.40. The van der Waals surface area contributed by atoms with Crippen molar-refractivity contribution in [1.29, 1.82) is 0 Å². The highest BCUT2D eigenvalue weighted by Gasteiger charge is 1.98. The summed E-state index contributed by atoms with van der Waals surface area (Å²) in [6.45, 7) is 6.25. The maximum Gasteiger partial charge on any atom is 0.0270 e. The van der Waals surface area contributed by atoms with Crippen molar-refractivity contribution in [2.75, 3.05) is 6.54 Å². The number of rotatable bonds is 5. The first-order valence-electron chi connectivity index (χ1n) is 6.41. The zero-order valence-electron chi connectivity index (χ0n) is 11.1. The molecule has 2 rings (SSSR count). The Kier molecular flexibility index (Phi) is 4.48. The third kappa shape index (κ3) is 3.67. The standard InChI is InChI=1S/C16H20N2/c1-13-3-4-14(2)16(11-13)12-18-10-7-15-5-8-17-9-6-15/h3-6,8-9,11,18H,7,10,12H2,1-2H3. The summed E-state index contributed by atoms with van der Waals surface area (Å²) in [7, 11) is 0. The van der Waals surface area contributed by atoms with Gasteiger partial charge in [0.1, 0.15) is 0 Å². The minimum absolute atomic E-state index is 0.943. The molecule has 1 aromatic carbocycles. The Labute approximate surface area is 109 Å². The molecule has 0 saturated heterocycles. The topological polar surface area (TPSA) is 24.9 Å². The number of pyridine rings is 1. The summed E-state index contributed by atoms with van der Waals surface area (Å²) in [5.41, 5.74) is 5.41. The van der Waals surface area contributed by atoms with Crippen LogP contribution in [0.25, 0.3) is 0 Å². The summed E-state index contributed by atoms with van der Waals surface area (Å²) in [4.78, 5) is 4.02. The van der Waals surface area contributed by atoms with Crippen molar-refractivity contribution in [2.45, 2.75) is 26.8 Å². The van der Waals surface area contributed by atoms with Gasteiger partial charge in [-0.05, 0) is 55.6 Å². The molecule has 0 aliphatic heterocycles. The van der Waals surface area contributed by atoms with E-state index in [1.165, 1.54) is 22.3 Å².